The summed E-state index contributed by atoms with van der Waals surface area (Å²) in [5.74, 6) is -0.0158. The molecule has 1 N–H and O–H groups in total. The molecule has 0 aliphatic carbocycles. The van der Waals surface area contributed by atoms with Crippen LogP contribution in [0.2, 0.25) is 10.0 Å². The minimum Gasteiger partial charge on any atom is -0.506 e. The van der Waals surface area contributed by atoms with Crippen molar-refractivity contribution in [2.24, 2.45) is 4.99 Å². The van der Waals surface area contributed by atoms with Gasteiger partial charge >= 0.3 is 0 Å². The lowest BCUT2D eigenvalue weighted by molar-refractivity contribution is 0.475. The van der Waals surface area contributed by atoms with Crippen molar-refractivity contribution in [1.29, 1.82) is 0 Å². The van der Waals surface area contributed by atoms with Gasteiger partial charge in [0.15, 0.2) is 0 Å². The first kappa shape index (κ1) is 14.6. The highest BCUT2D eigenvalue weighted by Gasteiger charge is 2.06. The number of rotatable bonds is 2. The number of aliphatic imine (C=N–C) groups is 1. The summed E-state index contributed by atoms with van der Waals surface area (Å²) < 4.78 is 1.16. The predicted octanol–water partition coefficient (Wildman–Crippen LogP) is 5.36. The fourth-order valence-corrected chi connectivity index (χ4v) is 2.74. The highest BCUT2D eigenvalue weighted by molar-refractivity contribution is 14.1. The van der Waals surface area contributed by atoms with E-state index < -0.39 is 0 Å². The van der Waals surface area contributed by atoms with Crippen LogP contribution in [-0.2, 0) is 0 Å². The number of aryl methyl sites for hydroxylation is 1. The number of aromatic hydroxyl groups is 1. The van der Waals surface area contributed by atoms with Crippen molar-refractivity contribution in [3.63, 3.8) is 0 Å². The van der Waals surface area contributed by atoms with Crippen LogP contribution in [-0.4, -0.2) is 11.3 Å². The molecule has 0 spiro atoms. The first-order valence-electron chi connectivity index (χ1n) is 5.45. The molecule has 0 atom stereocenters. The summed E-state index contributed by atoms with van der Waals surface area (Å²) in [6.45, 7) is 1.99. The lowest BCUT2D eigenvalue weighted by Crippen LogP contribution is -1.85. The zero-order chi connectivity index (χ0) is 14.0. The normalized spacial score (nSPS) is 11.2. The molecule has 5 heteroatoms. The molecule has 2 aromatic rings. The molecule has 0 saturated carbocycles. The maximum Gasteiger partial charge on any atom is 0.143 e. The Balaban J connectivity index is 2.38. The van der Waals surface area contributed by atoms with Gasteiger partial charge in [-0.1, -0.05) is 23.2 Å². The number of phenolic OH excluding ortho intramolecular Hbond substituents is 1. The van der Waals surface area contributed by atoms with E-state index in [9.17, 15) is 5.11 Å². The van der Waals surface area contributed by atoms with Crippen LogP contribution in [0.4, 0.5) is 5.69 Å². The lowest BCUT2D eigenvalue weighted by Gasteiger charge is -2.03. The Morgan fingerprint density at radius 3 is 2.63 bits per heavy atom. The Morgan fingerprint density at radius 2 is 1.95 bits per heavy atom. The van der Waals surface area contributed by atoms with Crippen LogP contribution in [0, 0.1) is 10.5 Å². The van der Waals surface area contributed by atoms with E-state index in [1.807, 2.05) is 25.1 Å². The van der Waals surface area contributed by atoms with Crippen molar-refractivity contribution in [3.8, 4) is 5.75 Å². The highest BCUT2D eigenvalue weighted by atomic mass is 127. The average molecular weight is 406 g/mol. The van der Waals surface area contributed by atoms with Crippen LogP contribution < -0.4 is 0 Å². The zero-order valence-electron chi connectivity index (χ0n) is 9.99. The molecule has 0 heterocycles. The van der Waals surface area contributed by atoms with Crippen LogP contribution in [0.15, 0.2) is 35.3 Å². The maximum absolute atomic E-state index is 9.83. The van der Waals surface area contributed by atoms with Crippen LogP contribution >= 0.6 is 45.8 Å². The second kappa shape index (κ2) is 6.11. The summed E-state index contributed by atoms with van der Waals surface area (Å²) >= 11 is 14.0. The van der Waals surface area contributed by atoms with Crippen molar-refractivity contribution in [1.82, 2.24) is 0 Å². The summed E-state index contributed by atoms with van der Waals surface area (Å²) in [5, 5.41) is 10.5. The van der Waals surface area contributed by atoms with Gasteiger partial charge in [0.1, 0.15) is 5.75 Å². The second-order valence-electron chi connectivity index (χ2n) is 4.01. The number of hydrogen-bond acceptors (Lipinski definition) is 2. The smallest absolute Gasteiger partial charge is 0.143 e. The fraction of sp³-hybridized carbons (Fsp3) is 0.0714. The van der Waals surface area contributed by atoms with Gasteiger partial charge in [-0.05, 0) is 65.4 Å². The molecule has 0 aromatic heterocycles. The fourth-order valence-electron chi connectivity index (χ4n) is 1.59. The first-order valence-corrected chi connectivity index (χ1v) is 7.29. The van der Waals surface area contributed by atoms with Crippen LogP contribution in [0.25, 0.3) is 0 Å². The molecule has 0 unspecified atom stereocenters. The van der Waals surface area contributed by atoms with E-state index >= 15 is 0 Å². The third kappa shape index (κ3) is 3.61. The van der Waals surface area contributed by atoms with E-state index in [-0.39, 0.29) is 10.8 Å². The summed E-state index contributed by atoms with van der Waals surface area (Å²) in [5.41, 5.74) is 2.40. The van der Waals surface area contributed by atoms with Gasteiger partial charge in [0, 0.05) is 20.4 Å². The Hall–Kier alpha value is -0.780. The first-order chi connectivity index (χ1) is 8.97. The van der Waals surface area contributed by atoms with Crippen LogP contribution in [0.5, 0.6) is 5.75 Å². The minimum atomic E-state index is -0.0158. The monoisotopic (exact) mass is 405 g/mol. The zero-order valence-corrected chi connectivity index (χ0v) is 13.7. The quantitative estimate of drug-likeness (QED) is 0.529. The summed E-state index contributed by atoms with van der Waals surface area (Å²) in [6.07, 6.45) is 1.56. The average Bonchev–Trinajstić information content (AvgIpc) is 2.33. The van der Waals surface area contributed by atoms with Crippen molar-refractivity contribution in [3.05, 3.63) is 55.1 Å². The SMILES string of the molecule is Cc1cc(I)ccc1N=Cc1cc(Cl)cc(Cl)c1O. The van der Waals surface area contributed by atoms with Crippen molar-refractivity contribution >= 4 is 57.7 Å². The van der Waals surface area contributed by atoms with Crippen molar-refractivity contribution < 1.29 is 5.11 Å². The van der Waals surface area contributed by atoms with Gasteiger partial charge in [-0.25, -0.2) is 0 Å². The standard InChI is InChI=1S/C14H10Cl2INO/c1-8-4-11(17)2-3-13(8)18-7-9-5-10(15)6-12(16)14(9)19/h2-7,19H,1H3. The van der Waals surface area contributed by atoms with E-state index in [0.29, 0.717) is 10.6 Å². The molecular formula is C14H10Cl2INO. The molecule has 2 rings (SSSR count). The topological polar surface area (TPSA) is 32.6 Å². The molecule has 2 aromatic carbocycles. The van der Waals surface area contributed by atoms with Crippen molar-refractivity contribution in [2.45, 2.75) is 6.92 Å². The van der Waals surface area contributed by atoms with Gasteiger partial charge in [-0.3, -0.25) is 4.99 Å². The third-order valence-electron chi connectivity index (χ3n) is 2.56. The van der Waals surface area contributed by atoms with E-state index in [0.717, 1.165) is 14.8 Å². The Labute approximate surface area is 135 Å². The highest BCUT2D eigenvalue weighted by Crippen LogP contribution is 2.30. The molecule has 0 saturated heterocycles. The molecule has 2 nitrogen and oxygen atoms in total. The van der Waals surface area contributed by atoms with Crippen LogP contribution in [0.3, 0.4) is 0 Å². The number of benzene rings is 2. The van der Waals surface area contributed by atoms with Crippen LogP contribution in [0.1, 0.15) is 11.1 Å². The van der Waals surface area contributed by atoms with E-state index in [2.05, 4.69) is 27.6 Å². The summed E-state index contributed by atoms with van der Waals surface area (Å²) in [7, 11) is 0. The molecule has 0 fully saturated rings. The van der Waals surface area contributed by atoms with Gasteiger partial charge < -0.3 is 5.11 Å². The number of phenols is 1. The Bertz CT molecular complexity index is 656. The third-order valence-corrected chi connectivity index (χ3v) is 3.74. The number of halogens is 3. The molecule has 0 aliphatic heterocycles. The lowest BCUT2D eigenvalue weighted by atomic mass is 10.2. The van der Waals surface area contributed by atoms with Gasteiger partial charge in [0.2, 0.25) is 0 Å². The molecule has 0 aliphatic rings. The molecule has 0 radical (unpaired) electrons. The summed E-state index contributed by atoms with van der Waals surface area (Å²) in [6, 6.07) is 9.06. The van der Waals surface area contributed by atoms with Gasteiger partial charge in [-0.15, -0.1) is 0 Å². The van der Waals surface area contributed by atoms with Gasteiger partial charge in [-0.2, -0.15) is 0 Å². The molecule has 0 bridgehead atoms. The predicted molar refractivity (Wildman–Crippen MR) is 89.3 cm³/mol. The second-order valence-corrected chi connectivity index (χ2v) is 6.10. The van der Waals surface area contributed by atoms with E-state index in [4.69, 9.17) is 23.2 Å². The largest absolute Gasteiger partial charge is 0.506 e. The van der Waals surface area contributed by atoms with E-state index in [1.54, 1.807) is 12.3 Å². The maximum atomic E-state index is 9.83. The van der Waals surface area contributed by atoms with Gasteiger partial charge in [0.05, 0.1) is 10.7 Å². The molecule has 98 valence electrons. The minimum absolute atomic E-state index is 0.0158. The summed E-state index contributed by atoms with van der Waals surface area (Å²) in [4.78, 5) is 4.35. The number of nitrogens with zero attached hydrogens (tertiary/aromatic N) is 1. The Morgan fingerprint density at radius 1 is 1.21 bits per heavy atom. The molecule has 19 heavy (non-hydrogen) atoms. The molecule has 0 amide bonds. The van der Waals surface area contributed by atoms with E-state index in [1.165, 1.54) is 6.07 Å². The Kier molecular flexibility index (Phi) is 4.71. The van der Waals surface area contributed by atoms with Gasteiger partial charge in [0.25, 0.3) is 0 Å². The number of hydrogen-bond donors (Lipinski definition) is 1. The molecular weight excluding hydrogens is 396 g/mol. The van der Waals surface area contributed by atoms with Crippen molar-refractivity contribution in [2.75, 3.05) is 0 Å².